The number of benzene rings is 2. The van der Waals surface area contributed by atoms with Crippen molar-refractivity contribution >= 4 is 23.2 Å². The molecule has 7 nitrogen and oxygen atoms in total. The SMILES string of the molecule is Cc1ccccc1NC(=O)C(=O)NC[C@H](c1ccc(N(C)C)cc1)N1CCN(C)CC1. The van der Waals surface area contributed by atoms with E-state index in [1.54, 1.807) is 6.07 Å². The number of anilines is 2. The maximum absolute atomic E-state index is 12.5. The van der Waals surface area contributed by atoms with Crippen molar-refractivity contribution in [3.63, 3.8) is 0 Å². The van der Waals surface area contributed by atoms with Crippen LogP contribution in [0.15, 0.2) is 48.5 Å². The average molecular weight is 424 g/mol. The van der Waals surface area contributed by atoms with E-state index in [4.69, 9.17) is 0 Å². The van der Waals surface area contributed by atoms with Gasteiger partial charge in [-0.15, -0.1) is 0 Å². The van der Waals surface area contributed by atoms with Crippen LogP contribution in [0, 0.1) is 6.92 Å². The summed E-state index contributed by atoms with van der Waals surface area (Å²) in [4.78, 5) is 31.7. The highest BCUT2D eigenvalue weighted by Crippen LogP contribution is 2.24. The van der Waals surface area contributed by atoms with Crippen molar-refractivity contribution in [1.82, 2.24) is 15.1 Å². The number of para-hydroxylation sites is 1. The Morgan fingerprint density at radius 2 is 1.61 bits per heavy atom. The summed E-state index contributed by atoms with van der Waals surface area (Å²) in [6.07, 6.45) is 0. The summed E-state index contributed by atoms with van der Waals surface area (Å²) in [5.41, 5.74) is 3.83. The minimum atomic E-state index is -0.644. The first-order valence-corrected chi connectivity index (χ1v) is 10.7. The van der Waals surface area contributed by atoms with Gasteiger partial charge in [0.25, 0.3) is 0 Å². The van der Waals surface area contributed by atoms with Gasteiger partial charge in [-0.1, -0.05) is 30.3 Å². The Bertz CT molecular complexity index is 889. The van der Waals surface area contributed by atoms with E-state index in [0.29, 0.717) is 12.2 Å². The highest BCUT2D eigenvalue weighted by Gasteiger charge is 2.25. The zero-order valence-corrected chi connectivity index (χ0v) is 18.9. The normalized spacial score (nSPS) is 15.9. The van der Waals surface area contributed by atoms with Crippen LogP contribution in [0.1, 0.15) is 17.2 Å². The van der Waals surface area contributed by atoms with Crippen molar-refractivity contribution in [2.75, 3.05) is 64.1 Å². The molecule has 1 heterocycles. The Balaban J connectivity index is 1.68. The molecule has 31 heavy (non-hydrogen) atoms. The highest BCUT2D eigenvalue weighted by molar-refractivity contribution is 6.39. The zero-order chi connectivity index (χ0) is 22.4. The third-order valence-corrected chi connectivity index (χ3v) is 5.83. The molecule has 0 saturated carbocycles. The second kappa shape index (κ2) is 10.4. The number of nitrogens with one attached hydrogen (secondary N) is 2. The van der Waals surface area contributed by atoms with Gasteiger partial charge in [0.2, 0.25) is 0 Å². The Kier molecular flexibility index (Phi) is 7.65. The van der Waals surface area contributed by atoms with Crippen LogP contribution in [-0.4, -0.2) is 75.5 Å². The van der Waals surface area contributed by atoms with Crippen molar-refractivity contribution < 1.29 is 9.59 Å². The lowest BCUT2D eigenvalue weighted by atomic mass is 10.0. The summed E-state index contributed by atoms with van der Waals surface area (Å²) in [6.45, 7) is 6.07. The number of aryl methyl sites for hydroxylation is 1. The molecule has 166 valence electrons. The lowest BCUT2D eigenvalue weighted by Gasteiger charge is -2.38. The fourth-order valence-corrected chi connectivity index (χ4v) is 3.75. The van der Waals surface area contributed by atoms with Crippen LogP contribution < -0.4 is 15.5 Å². The number of nitrogens with zero attached hydrogens (tertiary/aromatic N) is 3. The van der Waals surface area contributed by atoms with Gasteiger partial charge in [-0.2, -0.15) is 0 Å². The number of hydrogen-bond donors (Lipinski definition) is 2. The molecule has 3 rings (SSSR count). The molecule has 0 bridgehead atoms. The van der Waals surface area contributed by atoms with Gasteiger partial charge in [-0.25, -0.2) is 0 Å². The van der Waals surface area contributed by atoms with Crippen molar-refractivity contribution in [3.05, 3.63) is 59.7 Å². The monoisotopic (exact) mass is 423 g/mol. The van der Waals surface area contributed by atoms with Crippen LogP contribution >= 0.6 is 0 Å². The molecule has 0 aromatic heterocycles. The summed E-state index contributed by atoms with van der Waals surface area (Å²) in [6, 6.07) is 15.8. The van der Waals surface area contributed by atoms with Crippen molar-refractivity contribution in [2.24, 2.45) is 0 Å². The molecule has 2 aromatic rings. The van der Waals surface area contributed by atoms with Gasteiger partial charge >= 0.3 is 11.8 Å². The van der Waals surface area contributed by atoms with E-state index >= 15 is 0 Å². The van der Waals surface area contributed by atoms with Gasteiger partial charge in [0.1, 0.15) is 0 Å². The van der Waals surface area contributed by atoms with Gasteiger partial charge in [0, 0.05) is 58.2 Å². The van der Waals surface area contributed by atoms with E-state index in [1.165, 1.54) is 0 Å². The average Bonchev–Trinajstić information content (AvgIpc) is 2.76. The molecule has 1 fully saturated rings. The number of hydrogen-bond acceptors (Lipinski definition) is 5. The number of carbonyl (C=O) groups excluding carboxylic acids is 2. The third kappa shape index (κ3) is 6.06. The van der Waals surface area contributed by atoms with Crippen LogP contribution in [0.3, 0.4) is 0 Å². The lowest BCUT2D eigenvalue weighted by Crippen LogP contribution is -2.49. The number of carbonyl (C=O) groups is 2. The fraction of sp³-hybridized carbons (Fsp3) is 0.417. The molecule has 0 spiro atoms. The van der Waals surface area contributed by atoms with E-state index < -0.39 is 11.8 Å². The van der Waals surface area contributed by atoms with Crippen molar-refractivity contribution in [2.45, 2.75) is 13.0 Å². The molecule has 0 radical (unpaired) electrons. The molecular weight excluding hydrogens is 390 g/mol. The van der Waals surface area contributed by atoms with Crippen LogP contribution in [-0.2, 0) is 9.59 Å². The second-order valence-electron chi connectivity index (χ2n) is 8.32. The van der Waals surface area contributed by atoms with E-state index in [-0.39, 0.29) is 6.04 Å². The standard InChI is InChI=1S/C24H33N5O2/c1-18-7-5-6-8-21(18)26-24(31)23(30)25-17-22(29-15-13-28(4)14-16-29)19-9-11-20(12-10-19)27(2)3/h5-12,22H,13-17H2,1-4H3,(H,25,30)(H,26,31)/t22-/m1/s1. The quantitative estimate of drug-likeness (QED) is 0.697. The molecule has 2 aromatic carbocycles. The van der Waals surface area contributed by atoms with E-state index in [1.807, 2.05) is 39.2 Å². The largest absolute Gasteiger partial charge is 0.378 e. The van der Waals surface area contributed by atoms with Crippen LogP contribution in [0.2, 0.25) is 0 Å². The van der Waals surface area contributed by atoms with E-state index in [2.05, 4.69) is 56.6 Å². The fourth-order valence-electron chi connectivity index (χ4n) is 3.75. The number of rotatable bonds is 6. The summed E-state index contributed by atoms with van der Waals surface area (Å²) in [5.74, 6) is -1.26. The molecule has 2 amide bonds. The highest BCUT2D eigenvalue weighted by atomic mass is 16.2. The minimum absolute atomic E-state index is 0.0140. The Labute approximate surface area is 185 Å². The number of piperazine rings is 1. The van der Waals surface area contributed by atoms with Gasteiger partial charge in [0.05, 0.1) is 6.04 Å². The molecule has 2 N–H and O–H groups in total. The lowest BCUT2D eigenvalue weighted by molar-refractivity contribution is -0.136. The molecule has 1 atom stereocenters. The van der Waals surface area contributed by atoms with Crippen molar-refractivity contribution in [3.8, 4) is 0 Å². The Hall–Kier alpha value is -2.90. The maximum Gasteiger partial charge on any atom is 0.313 e. The zero-order valence-electron chi connectivity index (χ0n) is 18.9. The van der Waals surface area contributed by atoms with E-state index in [0.717, 1.165) is 43.0 Å². The second-order valence-corrected chi connectivity index (χ2v) is 8.32. The summed E-state index contributed by atoms with van der Waals surface area (Å²) in [5, 5.41) is 5.55. The van der Waals surface area contributed by atoms with Crippen LogP contribution in [0.25, 0.3) is 0 Å². The minimum Gasteiger partial charge on any atom is -0.378 e. The van der Waals surface area contributed by atoms with Crippen molar-refractivity contribution in [1.29, 1.82) is 0 Å². The van der Waals surface area contributed by atoms with Crippen LogP contribution in [0.5, 0.6) is 0 Å². The Morgan fingerprint density at radius 3 is 2.23 bits per heavy atom. The predicted octanol–water partition coefficient (Wildman–Crippen LogP) is 2.10. The molecule has 0 aliphatic carbocycles. The van der Waals surface area contributed by atoms with Gasteiger partial charge in [0.15, 0.2) is 0 Å². The first-order chi connectivity index (χ1) is 14.8. The van der Waals surface area contributed by atoms with E-state index in [9.17, 15) is 9.59 Å². The smallest absolute Gasteiger partial charge is 0.313 e. The molecule has 1 aliphatic rings. The van der Waals surface area contributed by atoms with Gasteiger partial charge < -0.3 is 20.4 Å². The Morgan fingerprint density at radius 1 is 0.968 bits per heavy atom. The third-order valence-electron chi connectivity index (χ3n) is 5.83. The van der Waals surface area contributed by atoms with Crippen LogP contribution in [0.4, 0.5) is 11.4 Å². The van der Waals surface area contributed by atoms with Gasteiger partial charge in [-0.3, -0.25) is 14.5 Å². The number of amides is 2. The summed E-state index contributed by atoms with van der Waals surface area (Å²) < 4.78 is 0. The maximum atomic E-state index is 12.5. The van der Waals surface area contributed by atoms with Gasteiger partial charge in [-0.05, 0) is 43.3 Å². The molecule has 1 saturated heterocycles. The summed E-state index contributed by atoms with van der Waals surface area (Å²) in [7, 11) is 6.15. The summed E-state index contributed by atoms with van der Waals surface area (Å²) >= 11 is 0. The number of likely N-dealkylation sites (N-methyl/N-ethyl adjacent to an activating group) is 1. The topological polar surface area (TPSA) is 67.9 Å². The first-order valence-electron chi connectivity index (χ1n) is 10.7. The molecular formula is C24H33N5O2. The molecule has 0 unspecified atom stereocenters. The molecule has 1 aliphatic heterocycles. The predicted molar refractivity (Wildman–Crippen MR) is 125 cm³/mol. The molecule has 7 heteroatoms. The first kappa shape index (κ1) is 22.8.